The topological polar surface area (TPSA) is 17.1 Å². The van der Waals surface area contributed by atoms with Gasteiger partial charge in [-0.15, -0.1) is 0 Å². The minimum atomic E-state index is -2.81. The second kappa shape index (κ2) is 2.93. The van der Waals surface area contributed by atoms with E-state index in [2.05, 4.69) is 12.8 Å². The van der Waals surface area contributed by atoms with Gasteiger partial charge >= 0.3 is 43.5 Å². The first-order valence-electron chi connectivity index (χ1n) is 1.28. The van der Waals surface area contributed by atoms with Crippen molar-refractivity contribution in [2.45, 2.75) is 0 Å². The second-order valence-electron chi connectivity index (χ2n) is 0.618. The summed E-state index contributed by atoms with van der Waals surface area (Å²) in [5.74, 6) is 0. The van der Waals surface area contributed by atoms with Gasteiger partial charge in [0.25, 0.3) is 0 Å². The maximum atomic E-state index is 9.99. The van der Waals surface area contributed by atoms with Crippen LogP contribution in [-0.2, 0) is 3.08 Å². The molecule has 0 bridgehead atoms. The molecule has 0 radical (unpaired) electrons. The van der Waals surface area contributed by atoms with Gasteiger partial charge in [-0.1, -0.05) is 0 Å². The average molecular weight is 185 g/mol. The zero-order valence-corrected chi connectivity index (χ0v) is 5.92. The van der Waals surface area contributed by atoms with Crippen LogP contribution in [0, 0.1) is 20.7 Å². The van der Waals surface area contributed by atoms with Gasteiger partial charge in [-0.2, -0.15) is 0 Å². The van der Waals surface area contributed by atoms with Gasteiger partial charge in [0.1, 0.15) is 0 Å². The zero-order chi connectivity index (χ0) is 4.99. The van der Waals surface area contributed by atoms with Gasteiger partial charge in [0.2, 0.25) is 0 Å². The zero-order valence-electron chi connectivity index (χ0n) is 3.06. The van der Waals surface area contributed by atoms with E-state index in [9.17, 15) is 3.08 Å². The Balaban J connectivity index is 3.75. The van der Waals surface area contributed by atoms with Crippen LogP contribution in [-0.4, -0.2) is 19.7 Å². The third-order valence-electron chi connectivity index (χ3n) is 0.262. The average Bonchev–Trinajstić information content (AvgIpc) is 1.65. The normalized spacial score (nSPS) is 5.00. The Morgan fingerprint density at radius 2 is 1.67 bits per heavy atom. The molecule has 0 aliphatic carbocycles. The van der Waals surface area contributed by atoms with Gasteiger partial charge in [-0.05, 0) is 0 Å². The van der Waals surface area contributed by atoms with E-state index in [1.165, 1.54) is 0 Å². The Hall–Kier alpha value is -0.281. The number of hydrogen-bond acceptors (Lipinski definition) is 1. The molecule has 6 heavy (non-hydrogen) atoms. The van der Waals surface area contributed by atoms with E-state index in [0.717, 1.165) is 0 Å². The summed E-state index contributed by atoms with van der Waals surface area (Å²) in [5, 5.41) is 0. The van der Waals surface area contributed by atoms with Crippen LogP contribution in [0.2, 0.25) is 0 Å². The number of hydrogen-bond donors (Lipinski definition) is 0. The van der Waals surface area contributed by atoms with Gasteiger partial charge in [0.15, 0.2) is 0 Å². The second-order valence-corrected chi connectivity index (χ2v) is 4.14. The van der Waals surface area contributed by atoms with Gasteiger partial charge < -0.3 is 0 Å². The van der Waals surface area contributed by atoms with Crippen molar-refractivity contribution in [3.05, 3.63) is 0 Å². The Morgan fingerprint density at radius 1 is 1.33 bits per heavy atom. The molecule has 0 N–H and O–H groups in total. The molecule has 0 saturated heterocycles. The van der Waals surface area contributed by atoms with Crippen molar-refractivity contribution in [1.29, 1.82) is 0 Å². The van der Waals surface area contributed by atoms with Crippen LogP contribution in [0.1, 0.15) is 0 Å². The van der Waals surface area contributed by atoms with Gasteiger partial charge in [0, 0.05) is 0 Å². The molecule has 0 atom stereocenters. The van der Waals surface area contributed by atoms with Crippen LogP contribution in [0.25, 0.3) is 0 Å². The van der Waals surface area contributed by atoms with Crippen LogP contribution in [0.4, 0.5) is 0 Å². The predicted molar refractivity (Wildman–Crippen MR) is 24.1 cm³/mol. The molecule has 0 amide bonds. The van der Waals surface area contributed by atoms with Crippen molar-refractivity contribution in [1.82, 2.24) is 0 Å². The van der Waals surface area contributed by atoms with Crippen molar-refractivity contribution < 1.29 is 3.08 Å². The van der Waals surface area contributed by atoms with Crippen LogP contribution >= 0.6 is 0 Å². The molecule has 0 rings (SSSR count). The van der Waals surface area contributed by atoms with Crippen LogP contribution < -0.4 is 0 Å². The minimum absolute atomic E-state index is 2.02. The Labute approximate surface area is 43.9 Å². The third kappa shape index (κ3) is 1.99. The van der Waals surface area contributed by atoms with Crippen LogP contribution in [0.15, 0.2) is 0 Å². The SMILES string of the molecule is C#[C][Sn](=[O])[C]#C. The fourth-order valence-electron chi connectivity index (χ4n) is 0.0417. The standard InChI is InChI=1S/2C2H.O.Sn/c2*1-2;;/h2*1H;;. The maximum absolute atomic E-state index is 9.99. The number of rotatable bonds is 0. The fourth-order valence-corrected chi connectivity index (χ4v) is 0.280. The van der Waals surface area contributed by atoms with Crippen LogP contribution in [0.3, 0.4) is 0 Å². The summed E-state index contributed by atoms with van der Waals surface area (Å²) >= 11 is -2.81. The summed E-state index contributed by atoms with van der Waals surface area (Å²) in [6.45, 7) is 0. The molecule has 0 aliphatic heterocycles. The molecule has 0 aromatic carbocycles. The van der Waals surface area contributed by atoms with Crippen molar-refractivity contribution in [2.24, 2.45) is 0 Å². The van der Waals surface area contributed by atoms with Crippen LogP contribution in [0.5, 0.6) is 0 Å². The Kier molecular flexibility index (Phi) is 2.79. The monoisotopic (exact) mass is 186 g/mol. The molecule has 1 nitrogen and oxygen atoms in total. The van der Waals surface area contributed by atoms with Crippen molar-refractivity contribution in [3.63, 3.8) is 0 Å². The summed E-state index contributed by atoms with van der Waals surface area (Å²) < 4.78 is 14.0. The van der Waals surface area contributed by atoms with Gasteiger partial charge in [-0.3, -0.25) is 0 Å². The Morgan fingerprint density at radius 3 is 1.67 bits per heavy atom. The van der Waals surface area contributed by atoms with E-state index >= 15 is 0 Å². The quantitative estimate of drug-likeness (QED) is 0.375. The van der Waals surface area contributed by atoms with E-state index in [1.54, 1.807) is 0 Å². The molecule has 0 aromatic heterocycles. The first kappa shape index (κ1) is 5.72. The first-order chi connectivity index (χ1) is 2.81. The van der Waals surface area contributed by atoms with E-state index in [0.29, 0.717) is 0 Å². The Bertz CT molecular complexity index is 119. The molecule has 0 fully saturated rings. The molecule has 0 heterocycles. The summed E-state index contributed by atoms with van der Waals surface area (Å²) in [4.78, 5) is 0. The van der Waals surface area contributed by atoms with E-state index < -0.39 is 19.7 Å². The van der Waals surface area contributed by atoms with Crippen molar-refractivity contribution in [3.8, 4) is 20.7 Å². The first-order valence-corrected chi connectivity index (χ1v) is 5.30. The molecular formula is C4H2OSn. The molecule has 0 saturated carbocycles. The van der Waals surface area contributed by atoms with Crippen molar-refractivity contribution in [2.75, 3.05) is 0 Å². The predicted octanol–water partition coefficient (Wildman–Crippen LogP) is -0.247. The molecule has 0 aromatic rings. The van der Waals surface area contributed by atoms with Gasteiger partial charge in [-0.25, -0.2) is 0 Å². The molecule has 28 valence electrons. The third-order valence-corrected chi connectivity index (χ3v) is 1.76. The van der Waals surface area contributed by atoms with E-state index in [1.807, 2.05) is 7.87 Å². The molecule has 2 heteroatoms. The summed E-state index contributed by atoms with van der Waals surface area (Å²) in [6.07, 6.45) is 9.33. The summed E-state index contributed by atoms with van der Waals surface area (Å²) in [6, 6.07) is 0. The molecule has 0 unspecified atom stereocenters. The summed E-state index contributed by atoms with van der Waals surface area (Å²) in [5.41, 5.74) is 0. The van der Waals surface area contributed by atoms with Crippen molar-refractivity contribution >= 4 is 19.7 Å². The summed E-state index contributed by atoms with van der Waals surface area (Å²) in [7, 11) is 0. The van der Waals surface area contributed by atoms with Gasteiger partial charge in [0.05, 0.1) is 0 Å². The fraction of sp³-hybridized carbons (Fsp3) is 0. The molecule has 0 spiro atoms. The molecular weight excluding hydrogens is 183 g/mol. The number of terminal acetylenes is 2. The molecule has 0 aliphatic rings. The van der Waals surface area contributed by atoms with E-state index in [-0.39, 0.29) is 0 Å². The van der Waals surface area contributed by atoms with E-state index in [4.69, 9.17) is 0 Å².